The highest BCUT2D eigenvalue weighted by Gasteiger charge is 2.40. The van der Waals surface area contributed by atoms with Crippen molar-refractivity contribution in [2.75, 3.05) is 17.3 Å². The molecule has 1 amide bonds. The minimum Gasteiger partial charge on any atom is -0.313 e. The van der Waals surface area contributed by atoms with E-state index in [1.807, 2.05) is 13.8 Å². The van der Waals surface area contributed by atoms with Crippen molar-refractivity contribution >= 4 is 23.2 Å². The molecule has 6 heteroatoms. The van der Waals surface area contributed by atoms with Gasteiger partial charge in [0.2, 0.25) is 5.91 Å². The molecule has 0 aliphatic carbocycles. The van der Waals surface area contributed by atoms with Crippen molar-refractivity contribution in [3.05, 3.63) is 63.3 Å². The van der Waals surface area contributed by atoms with Crippen molar-refractivity contribution in [3.63, 3.8) is 0 Å². The predicted octanol–water partition coefficient (Wildman–Crippen LogP) is 2.98. The number of carbonyl (C=O) groups excluding carboxylic acids is 1. The zero-order valence-electron chi connectivity index (χ0n) is 14.5. The maximum absolute atomic E-state index is 13.1. The molecule has 2 heterocycles. The molecule has 1 aromatic heterocycles. The van der Waals surface area contributed by atoms with Gasteiger partial charge in [-0.15, -0.1) is 11.6 Å². The van der Waals surface area contributed by atoms with Gasteiger partial charge in [0.15, 0.2) is 0 Å². The van der Waals surface area contributed by atoms with E-state index in [-0.39, 0.29) is 28.6 Å². The van der Waals surface area contributed by atoms with Gasteiger partial charge in [-0.25, -0.2) is 4.39 Å². The van der Waals surface area contributed by atoms with Gasteiger partial charge in [0.05, 0.1) is 11.4 Å². The van der Waals surface area contributed by atoms with E-state index in [1.165, 1.54) is 12.1 Å². The molecule has 2 aromatic rings. The second-order valence-corrected chi connectivity index (χ2v) is 7.34. The first-order valence-electron chi connectivity index (χ1n) is 8.09. The number of hydrogen-bond donors (Lipinski definition) is 0. The standard InChI is InChI=1S/C19H20ClFN2O2/c1-19(2)11-23(16(24)10-20)15-9-13(18(25)22(3)17(15)19)8-12-4-6-14(21)7-5-12/h4-7,9H,8,10-11H2,1-3H3. The van der Waals surface area contributed by atoms with Gasteiger partial charge in [-0.05, 0) is 23.8 Å². The normalized spacial score (nSPS) is 15.3. The molecular weight excluding hydrogens is 343 g/mol. The molecule has 0 N–H and O–H groups in total. The summed E-state index contributed by atoms with van der Waals surface area (Å²) in [4.78, 5) is 26.7. The summed E-state index contributed by atoms with van der Waals surface area (Å²) >= 11 is 5.75. The van der Waals surface area contributed by atoms with Crippen LogP contribution < -0.4 is 10.5 Å². The largest absolute Gasteiger partial charge is 0.313 e. The second kappa shape index (κ2) is 6.30. The lowest BCUT2D eigenvalue weighted by Gasteiger charge is -2.20. The van der Waals surface area contributed by atoms with Crippen LogP contribution in [-0.2, 0) is 23.7 Å². The quantitative estimate of drug-likeness (QED) is 0.788. The number of pyridine rings is 1. The molecule has 0 fully saturated rings. The Hall–Kier alpha value is -2.14. The molecule has 1 aliphatic rings. The Balaban J connectivity index is 2.11. The Morgan fingerprint density at radius 3 is 2.52 bits per heavy atom. The molecule has 0 atom stereocenters. The highest BCUT2D eigenvalue weighted by Crippen LogP contribution is 2.40. The van der Waals surface area contributed by atoms with Gasteiger partial charge in [0.1, 0.15) is 11.7 Å². The monoisotopic (exact) mass is 362 g/mol. The number of benzene rings is 1. The van der Waals surface area contributed by atoms with Gasteiger partial charge in [-0.1, -0.05) is 26.0 Å². The Bertz CT molecular complexity index is 888. The summed E-state index contributed by atoms with van der Waals surface area (Å²) in [5.74, 6) is -0.600. The van der Waals surface area contributed by atoms with Crippen LogP contribution in [0.4, 0.5) is 10.1 Å². The number of carbonyl (C=O) groups is 1. The van der Waals surface area contributed by atoms with E-state index in [4.69, 9.17) is 11.6 Å². The maximum atomic E-state index is 13.1. The first-order valence-corrected chi connectivity index (χ1v) is 8.62. The van der Waals surface area contributed by atoms with Crippen molar-refractivity contribution in [2.45, 2.75) is 25.7 Å². The lowest BCUT2D eigenvalue weighted by atomic mass is 9.90. The molecule has 0 unspecified atom stereocenters. The number of aromatic nitrogens is 1. The van der Waals surface area contributed by atoms with Crippen LogP contribution in [0.25, 0.3) is 0 Å². The number of amides is 1. The Labute approximate surface area is 150 Å². The van der Waals surface area contributed by atoms with Crippen LogP contribution in [0.15, 0.2) is 35.1 Å². The minimum absolute atomic E-state index is 0.101. The average molecular weight is 363 g/mol. The minimum atomic E-state index is -0.334. The van der Waals surface area contributed by atoms with Crippen molar-refractivity contribution in [3.8, 4) is 0 Å². The molecule has 1 aliphatic heterocycles. The van der Waals surface area contributed by atoms with Crippen LogP contribution in [0.5, 0.6) is 0 Å². The topological polar surface area (TPSA) is 42.3 Å². The molecule has 3 rings (SSSR count). The van der Waals surface area contributed by atoms with Crippen molar-refractivity contribution in [1.82, 2.24) is 4.57 Å². The van der Waals surface area contributed by atoms with Gasteiger partial charge >= 0.3 is 0 Å². The zero-order chi connectivity index (χ0) is 18.4. The highest BCUT2D eigenvalue weighted by atomic mass is 35.5. The van der Waals surface area contributed by atoms with Gasteiger partial charge < -0.3 is 9.47 Å². The maximum Gasteiger partial charge on any atom is 0.254 e. The summed E-state index contributed by atoms with van der Waals surface area (Å²) in [6.07, 6.45) is 0.379. The molecule has 4 nitrogen and oxygen atoms in total. The molecule has 1 aromatic carbocycles. The van der Waals surface area contributed by atoms with Crippen molar-refractivity contribution in [2.24, 2.45) is 7.05 Å². The molecule has 0 saturated heterocycles. The lowest BCUT2D eigenvalue weighted by Crippen LogP contribution is -2.35. The zero-order valence-corrected chi connectivity index (χ0v) is 15.2. The third-order valence-corrected chi connectivity index (χ3v) is 4.91. The summed E-state index contributed by atoms with van der Waals surface area (Å²) in [6, 6.07) is 7.85. The van der Waals surface area contributed by atoms with Gasteiger partial charge in [-0.3, -0.25) is 9.59 Å². The summed E-state index contributed by atoms with van der Waals surface area (Å²) in [5, 5.41) is 0. The molecular formula is C19H20ClFN2O2. The van der Waals surface area contributed by atoms with Gasteiger partial charge in [-0.2, -0.15) is 0 Å². The fourth-order valence-corrected chi connectivity index (χ4v) is 3.73. The molecule has 0 bridgehead atoms. The molecule has 132 valence electrons. The summed E-state index contributed by atoms with van der Waals surface area (Å²) in [6.45, 7) is 4.50. The number of alkyl halides is 1. The summed E-state index contributed by atoms with van der Waals surface area (Å²) in [5.41, 5.74) is 2.54. The lowest BCUT2D eigenvalue weighted by molar-refractivity contribution is -0.116. The number of rotatable bonds is 3. The van der Waals surface area contributed by atoms with E-state index in [0.717, 1.165) is 16.9 Å². The third-order valence-electron chi connectivity index (χ3n) is 4.68. The number of fused-ring (bicyclic) bond motifs is 1. The molecule has 0 spiro atoms. The van der Waals surface area contributed by atoms with E-state index < -0.39 is 0 Å². The van der Waals surface area contributed by atoms with E-state index in [2.05, 4.69) is 0 Å². The molecule has 0 saturated carbocycles. The predicted molar refractivity (Wildman–Crippen MR) is 97.0 cm³/mol. The van der Waals surface area contributed by atoms with Crippen LogP contribution in [0.2, 0.25) is 0 Å². The Morgan fingerprint density at radius 1 is 1.28 bits per heavy atom. The number of halogens is 2. The first kappa shape index (κ1) is 17.7. The van der Waals surface area contributed by atoms with Crippen LogP contribution in [0.3, 0.4) is 0 Å². The number of anilines is 1. The molecule has 0 radical (unpaired) electrons. The average Bonchev–Trinajstić information content (AvgIpc) is 2.84. The fourth-order valence-electron chi connectivity index (χ4n) is 3.59. The van der Waals surface area contributed by atoms with Gasteiger partial charge in [0, 0.05) is 31.0 Å². The summed E-state index contributed by atoms with van der Waals surface area (Å²) < 4.78 is 14.7. The highest BCUT2D eigenvalue weighted by molar-refractivity contribution is 6.29. The van der Waals surface area contributed by atoms with E-state index in [0.29, 0.717) is 18.5 Å². The van der Waals surface area contributed by atoms with Gasteiger partial charge in [0.25, 0.3) is 5.56 Å². The van der Waals surface area contributed by atoms with Crippen molar-refractivity contribution in [1.29, 1.82) is 0 Å². The van der Waals surface area contributed by atoms with Crippen LogP contribution >= 0.6 is 11.6 Å². The Morgan fingerprint density at radius 2 is 1.92 bits per heavy atom. The smallest absolute Gasteiger partial charge is 0.254 e. The molecule has 25 heavy (non-hydrogen) atoms. The number of nitrogens with zero attached hydrogens (tertiary/aromatic N) is 2. The van der Waals surface area contributed by atoms with E-state index in [9.17, 15) is 14.0 Å². The second-order valence-electron chi connectivity index (χ2n) is 7.07. The van der Waals surface area contributed by atoms with Crippen LogP contribution in [-0.4, -0.2) is 22.9 Å². The van der Waals surface area contributed by atoms with Crippen molar-refractivity contribution < 1.29 is 9.18 Å². The van der Waals surface area contributed by atoms with Crippen LogP contribution in [0, 0.1) is 5.82 Å². The van der Waals surface area contributed by atoms with E-state index >= 15 is 0 Å². The number of hydrogen-bond acceptors (Lipinski definition) is 2. The Kier molecular flexibility index (Phi) is 4.45. The van der Waals surface area contributed by atoms with Crippen LogP contribution in [0.1, 0.15) is 30.7 Å². The van der Waals surface area contributed by atoms with E-state index in [1.54, 1.807) is 34.7 Å². The third kappa shape index (κ3) is 3.09. The summed E-state index contributed by atoms with van der Waals surface area (Å²) in [7, 11) is 1.73. The fraction of sp³-hybridized carbons (Fsp3) is 0.368. The first-order chi connectivity index (χ1) is 11.7. The SMILES string of the molecule is Cn1c2c(cc(Cc3ccc(F)cc3)c1=O)N(C(=O)CCl)CC2(C)C.